The van der Waals surface area contributed by atoms with Crippen LogP contribution in [-0.4, -0.2) is 28.1 Å². The molecule has 0 N–H and O–H groups in total. The summed E-state index contributed by atoms with van der Waals surface area (Å²) in [6.45, 7) is 2.63. The number of hydrogen-bond acceptors (Lipinski definition) is 5. The molecule has 3 rings (SSSR count). The molecule has 108 valence electrons. The van der Waals surface area contributed by atoms with E-state index in [4.69, 9.17) is 0 Å². The minimum atomic E-state index is -0.501. The van der Waals surface area contributed by atoms with Crippen LogP contribution in [0, 0.1) is 0 Å². The van der Waals surface area contributed by atoms with E-state index in [-0.39, 0.29) is 45.1 Å². The molecule has 1 aromatic heterocycles. The fraction of sp³-hybridized carbons (Fsp3) is 0.118. The van der Waals surface area contributed by atoms with E-state index in [2.05, 4.69) is 4.98 Å². The number of carbonyl (C=O) groups excluding carboxylic acids is 4. The molecule has 0 aliphatic heterocycles. The van der Waals surface area contributed by atoms with Gasteiger partial charge in [0.25, 0.3) is 0 Å². The Morgan fingerprint density at radius 1 is 0.864 bits per heavy atom. The highest BCUT2D eigenvalue weighted by atomic mass is 16.1. The SMILES string of the molecule is CC(=O)c1ccc(C(C)=O)c2c1C(=O)c1cccnc1C2=O. The Hall–Kier alpha value is -2.95. The molecule has 0 atom stereocenters. The van der Waals surface area contributed by atoms with Crippen LogP contribution in [-0.2, 0) is 0 Å². The lowest BCUT2D eigenvalue weighted by Crippen LogP contribution is -2.27. The van der Waals surface area contributed by atoms with Crippen LogP contribution >= 0.6 is 0 Å². The van der Waals surface area contributed by atoms with Crippen molar-refractivity contribution in [1.29, 1.82) is 0 Å². The number of benzene rings is 1. The molecular formula is C17H11NO4. The van der Waals surface area contributed by atoms with Crippen LogP contribution in [0.3, 0.4) is 0 Å². The molecule has 0 spiro atoms. The monoisotopic (exact) mass is 293 g/mol. The number of fused-ring (bicyclic) bond motifs is 2. The standard InChI is InChI=1S/C17H11NO4/c1-8(19)10-5-6-11(9(2)20)14-13(10)16(21)12-4-3-7-18-15(12)17(14)22/h3-7H,1-2H3. The van der Waals surface area contributed by atoms with Gasteiger partial charge in [-0.2, -0.15) is 0 Å². The maximum absolute atomic E-state index is 12.7. The zero-order valence-electron chi connectivity index (χ0n) is 12.0. The lowest BCUT2D eigenvalue weighted by molar-refractivity contribution is 0.0954. The first kappa shape index (κ1) is 14.0. The zero-order valence-corrected chi connectivity index (χ0v) is 12.0. The van der Waals surface area contributed by atoms with Crippen molar-refractivity contribution in [1.82, 2.24) is 4.98 Å². The molecule has 1 aliphatic rings. The van der Waals surface area contributed by atoms with Crippen molar-refractivity contribution in [2.75, 3.05) is 0 Å². The third kappa shape index (κ3) is 1.83. The van der Waals surface area contributed by atoms with Crippen LogP contribution < -0.4 is 0 Å². The van der Waals surface area contributed by atoms with Gasteiger partial charge in [-0.3, -0.25) is 24.2 Å². The molecule has 1 aliphatic carbocycles. The Labute approximate surface area is 126 Å². The Morgan fingerprint density at radius 3 is 1.95 bits per heavy atom. The molecule has 0 saturated heterocycles. The number of pyridine rings is 1. The van der Waals surface area contributed by atoms with Crippen molar-refractivity contribution in [3.63, 3.8) is 0 Å². The maximum atomic E-state index is 12.7. The summed E-state index contributed by atoms with van der Waals surface area (Å²) in [4.78, 5) is 52.9. The lowest BCUT2D eigenvalue weighted by atomic mass is 9.80. The molecule has 0 fully saturated rings. The second-order valence-electron chi connectivity index (χ2n) is 5.08. The van der Waals surface area contributed by atoms with Crippen LogP contribution in [0.25, 0.3) is 0 Å². The smallest absolute Gasteiger partial charge is 0.213 e. The molecule has 0 unspecified atom stereocenters. The van der Waals surface area contributed by atoms with Gasteiger partial charge in [-0.05, 0) is 38.1 Å². The van der Waals surface area contributed by atoms with E-state index in [0.717, 1.165) is 0 Å². The van der Waals surface area contributed by atoms with Gasteiger partial charge < -0.3 is 0 Å². The highest BCUT2D eigenvalue weighted by Gasteiger charge is 2.36. The summed E-state index contributed by atoms with van der Waals surface area (Å²) in [7, 11) is 0. The number of Topliss-reactive ketones (excluding diaryl/α,β-unsaturated/α-hetero) is 2. The third-order valence-corrected chi connectivity index (χ3v) is 3.69. The van der Waals surface area contributed by atoms with Gasteiger partial charge >= 0.3 is 0 Å². The first-order valence-corrected chi connectivity index (χ1v) is 6.66. The van der Waals surface area contributed by atoms with E-state index in [9.17, 15) is 19.2 Å². The largest absolute Gasteiger partial charge is 0.294 e. The maximum Gasteiger partial charge on any atom is 0.213 e. The van der Waals surface area contributed by atoms with Crippen molar-refractivity contribution in [3.8, 4) is 0 Å². The van der Waals surface area contributed by atoms with E-state index < -0.39 is 11.6 Å². The molecule has 0 saturated carbocycles. The van der Waals surface area contributed by atoms with Gasteiger partial charge in [-0.15, -0.1) is 0 Å². The molecule has 0 radical (unpaired) electrons. The second-order valence-corrected chi connectivity index (χ2v) is 5.08. The van der Waals surface area contributed by atoms with Gasteiger partial charge in [0.2, 0.25) is 5.78 Å². The first-order chi connectivity index (χ1) is 10.4. The average Bonchev–Trinajstić information content (AvgIpc) is 2.51. The molecule has 1 heterocycles. The van der Waals surface area contributed by atoms with E-state index in [0.29, 0.717) is 0 Å². The van der Waals surface area contributed by atoms with Gasteiger partial charge in [-0.1, -0.05) is 0 Å². The predicted molar refractivity (Wildman–Crippen MR) is 77.6 cm³/mol. The van der Waals surface area contributed by atoms with Gasteiger partial charge in [0.05, 0.1) is 5.56 Å². The molecular weight excluding hydrogens is 282 g/mol. The summed E-state index contributed by atoms with van der Waals surface area (Å²) < 4.78 is 0. The Bertz CT molecular complexity index is 808. The number of nitrogens with zero attached hydrogens (tertiary/aromatic N) is 1. The predicted octanol–water partition coefficient (Wildman–Crippen LogP) is 2.26. The van der Waals surface area contributed by atoms with Crippen LogP contribution in [0.5, 0.6) is 0 Å². The summed E-state index contributed by atoms with van der Waals surface area (Å²) in [5, 5.41) is 0. The molecule has 0 amide bonds. The molecule has 2 aromatic rings. The molecule has 22 heavy (non-hydrogen) atoms. The van der Waals surface area contributed by atoms with Crippen molar-refractivity contribution >= 4 is 23.1 Å². The Morgan fingerprint density at radius 2 is 1.41 bits per heavy atom. The fourth-order valence-electron chi connectivity index (χ4n) is 2.68. The van der Waals surface area contributed by atoms with Crippen molar-refractivity contribution in [3.05, 3.63) is 64.0 Å². The van der Waals surface area contributed by atoms with Crippen LogP contribution in [0.4, 0.5) is 0 Å². The van der Waals surface area contributed by atoms with Gasteiger partial charge in [0.1, 0.15) is 5.69 Å². The van der Waals surface area contributed by atoms with Crippen LogP contribution in [0.2, 0.25) is 0 Å². The first-order valence-electron chi connectivity index (χ1n) is 6.66. The van der Waals surface area contributed by atoms with E-state index in [1.165, 1.54) is 38.2 Å². The topological polar surface area (TPSA) is 81.2 Å². The minimum absolute atomic E-state index is 0.00528. The van der Waals surface area contributed by atoms with Gasteiger partial charge in [0.15, 0.2) is 17.3 Å². The lowest BCUT2D eigenvalue weighted by Gasteiger charge is -2.20. The number of ketones is 4. The van der Waals surface area contributed by atoms with E-state index >= 15 is 0 Å². The number of carbonyl (C=O) groups is 4. The molecule has 5 nitrogen and oxygen atoms in total. The highest BCUT2D eigenvalue weighted by Crippen LogP contribution is 2.31. The van der Waals surface area contributed by atoms with Crippen LogP contribution in [0.15, 0.2) is 30.5 Å². The van der Waals surface area contributed by atoms with Crippen molar-refractivity contribution in [2.45, 2.75) is 13.8 Å². The Kier molecular flexibility index (Phi) is 3.06. The van der Waals surface area contributed by atoms with Crippen molar-refractivity contribution in [2.24, 2.45) is 0 Å². The van der Waals surface area contributed by atoms with E-state index in [1.807, 2.05) is 0 Å². The summed E-state index contributed by atoms with van der Waals surface area (Å²) in [5.41, 5.74) is 0.441. The third-order valence-electron chi connectivity index (χ3n) is 3.69. The van der Waals surface area contributed by atoms with Crippen LogP contribution in [0.1, 0.15) is 66.5 Å². The molecule has 0 bridgehead atoms. The fourth-order valence-corrected chi connectivity index (χ4v) is 2.68. The summed E-state index contributed by atoms with van der Waals surface area (Å²) in [6, 6.07) is 5.88. The quantitative estimate of drug-likeness (QED) is 0.677. The normalized spacial score (nSPS) is 12.6. The minimum Gasteiger partial charge on any atom is -0.294 e. The molecule has 5 heteroatoms. The van der Waals surface area contributed by atoms with E-state index in [1.54, 1.807) is 6.07 Å². The summed E-state index contributed by atoms with van der Waals surface area (Å²) >= 11 is 0. The summed E-state index contributed by atoms with van der Waals surface area (Å²) in [5.74, 6) is -1.63. The number of rotatable bonds is 2. The Balaban J connectivity index is 2.44. The second kappa shape index (κ2) is 4.80. The zero-order chi connectivity index (χ0) is 16.0. The number of hydrogen-bond donors (Lipinski definition) is 0. The number of aromatic nitrogens is 1. The highest BCUT2D eigenvalue weighted by molar-refractivity contribution is 6.32. The summed E-state index contributed by atoms with van der Waals surface area (Å²) in [6.07, 6.45) is 1.41. The average molecular weight is 293 g/mol. The molecule has 1 aromatic carbocycles. The van der Waals surface area contributed by atoms with Crippen molar-refractivity contribution < 1.29 is 19.2 Å². The van der Waals surface area contributed by atoms with Gasteiger partial charge in [0, 0.05) is 28.5 Å². The van der Waals surface area contributed by atoms with Gasteiger partial charge in [-0.25, -0.2) is 0 Å².